The molecule has 0 saturated carbocycles. The molecule has 2 aromatic heterocycles. The number of anilines is 4. The maximum absolute atomic E-state index is 13.5. The van der Waals surface area contributed by atoms with Gasteiger partial charge in [-0.25, -0.2) is 22.2 Å². The second kappa shape index (κ2) is 11.4. The number of hydrogen-bond acceptors (Lipinski definition) is 9. The number of benzene rings is 2. The molecule has 41 heavy (non-hydrogen) atoms. The van der Waals surface area contributed by atoms with Crippen molar-refractivity contribution in [2.45, 2.75) is 55.2 Å². The highest BCUT2D eigenvalue weighted by Crippen LogP contribution is 2.39. The van der Waals surface area contributed by atoms with Crippen molar-refractivity contribution < 1.29 is 17.2 Å². The molecule has 6 rings (SSSR count). The summed E-state index contributed by atoms with van der Waals surface area (Å²) in [6.45, 7) is 0.880. The highest BCUT2D eigenvalue weighted by Gasteiger charge is 2.44. The first-order chi connectivity index (χ1) is 19.8. The molecule has 0 radical (unpaired) electrons. The standard InChI is InChI=1S/C28H29F2N7O2S2/c1-36(22-13-20-5-6-21(14-22)37(20)16-23-15-31-17-40-23)41(38,39)24-7-2-18(3-8-24)34-28-32-11-10-27(35-28)33-19-4-9-25(29)26(30)12-19/h2-4,7-12,15,17,20-22H,5-6,13-14,16H2,1H3,(H2,32,33,34,35). The van der Waals surface area contributed by atoms with Gasteiger partial charge in [0.2, 0.25) is 16.0 Å². The van der Waals surface area contributed by atoms with Crippen molar-refractivity contribution >= 4 is 44.5 Å². The summed E-state index contributed by atoms with van der Waals surface area (Å²) in [5, 5.41) is 5.96. The SMILES string of the molecule is CN(C1CC2CCC(C1)N2Cc1cncs1)S(=O)(=O)c1ccc(Nc2nccc(Nc3ccc(F)c(F)c3)n2)cc1. The number of nitrogens with one attached hydrogen (secondary N) is 2. The van der Waals surface area contributed by atoms with E-state index >= 15 is 0 Å². The minimum absolute atomic E-state index is 0.0498. The normalized spacial score (nSPS) is 20.8. The van der Waals surface area contributed by atoms with E-state index in [2.05, 4.69) is 30.5 Å². The fraction of sp³-hybridized carbons (Fsp3) is 0.321. The van der Waals surface area contributed by atoms with Crippen LogP contribution in [0.25, 0.3) is 0 Å². The summed E-state index contributed by atoms with van der Waals surface area (Å²) in [5.41, 5.74) is 2.79. The van der Waals surface area contributed by atoms with Crippen molar-refractivity contribution in [1.82, 2.24) is 24.2 Å². The van der Waals surface area contributed by atoms with Gasteiger partial charge in [0.1, 0.15) is 5.82 Å². The Hall–Kier alpha value is -3.52. The van der Waals surface area contributed by atoms with Crippen molar-refractivity contribution in [1.29, 1.82) is 0 Å². The molecule has 0 spiro atoms. The number of hydrogen-bond donors (Lipinski definition) is 2. The van der Waals surface area contributed by atoms with Crippen molar-refractivity contribution in [3.05, 3.63) is 82.9 Å². The third kappa shape index (κ3) is 5.94. The van der Waals surface area contributed by atoms with Crippen molar-refractivity contribution in [3.63, 3.8) is 0 Å². The quantitative estimate of drug-likeness (QED) is 0.260. The van der Waals surface area contributed by atoms with Gasteiger partial charge in [-0.05, 0) is 68.1 Å². The Labute approximate surface area is 241 Å². The van der Waals surface area contributed by atoms with Gasteiger partial charge in [-0.2, -0.15) is 9.29 Å². The second-order valence-corrected chi connectivity index (χ2v) is 13.3. The van der Waals surface area contributed by atoms with E-state index in [4.69, 9.17) is 0 Å². The first kappa shape index (κ1) is 27.6. The van der Waals surface area contributed by atoms with E-state index in [1.165, 1.54) is 17.1 Å². The van der Waals surface area contributed by atoms with Crippen LogP contribution in [-0.2, 0) is 16.6 Å². The molecule has 2 N–H and O–H groups in total. The topological polar surface area (TPSA) is 103 Å². The smallest absolute Gasteiger partial charge is 0.243 e. The van der Waals surface area contributed by atoms with E-state index in [0.29, 0.717) is 29.3 Å². The van der Waals surface area contributed by atoms with Crippen LogP contribution in [0.2, 0.25) is 0 Å². The molecule has 0 amide bonds. The maximum Gasteiger partial charge on any atom is 0.243 e. The molecule has 0 aliphatic carbocycles. The Morgan fingerprint density at radius 3 is 2.41 bits per heavy atom. The summed E-state index contributed by atoms with van der Waals surface area (Å²) >= 11 is 1.66. The lowest BCUT2D eigenvalue weighted by Crippen LogP contribution is -2.50. The molecule has 2 aromatic carbocycles. The molecule has 13 heteroatoms. The Kier molecular flexibility index (Phi) is 7.68. The minimum atomic E-state index is -3.68. The van der Waals surface area contributed by atoms with E-state index < -0.39 is 21.7 Å². The molecule has 2 bridgehead atoms. The number of sulfonamides is 1. The highest BCUT2D eigenvalue weighted by molar-refractivity contribution is 7.89. The van der Waals surface area contributed by atoms with Crippen LogP contribution in [0, 0.1) is 11.6 Å². The number of aromatic nitrogens is 3. The lowest BCUT2D eigenvalue weighted by Gasteiger charge is -2.41. The van der Waals surface area contributed by atoms with Gasteiger partial charge in [0.15, 0.2) is 11.6 Å². The fourth-order valence-electron chi connectivity index (χ4n) is 5.71. The van der Waals surface area contributed by atoms with E-state index in [-0.39, 0.29) is 16.9 Å². The third-order valence-electron chi connectivity index (χ3n) is 7.83. The van der Waals surface area contributed by atoms with Gasteiger partial charge in [0.25, 0.3) is 0 Å². The molecule has 2 aliphatic heterocycles. The van der Waals surface area contributed by atoms with Crippen LogP contribution >= 0.6 is 11.3 Å². The van der Waals surface area contributed by atoms with Crippen LogP contribution in [0.15, 0.2) is 71.3 Å². The van der Waals surface area contributed by atoms with E-state index in [0.717, 1.165) is 44.4 Å². The average molecular weight is 598 g/mol. The van der Waals surface area contributed by atoms with Crippen LogP contribution < -0.4 is 10.6 Å². The summed E-state index contributed by atoms with van der Waals surface area (Å²) in [5.74, 6) is -1.27. The Morgan fingerprint density at radius 1 is 1.00 bits per heavy atom. The molecular weight excluding hydrogens is 568 g/mol. The predicted molar refractivity (Wildman–Crippen MR) is 154 cm³/mol. The van der Waals surface area contributed by atoms with Crippen molar-refractivity contribution in [3.8, 4) is 0 Å². The van der Waals surface area contributed by atoms with Crippen LogP contribution in [0.1, 0.15) is 30.6 Å². The zero-order valence-electron chi connectivity index (χ0n) is 22.2. The molecule has 214 valence electrons. The van der Waals surface area contributed by atoms with Gasteiger partial charge >= 0.3 is 0 Å². The van der Waals surface area contributed by atoms with Crippen molar-refractivity contribution in [2.75, 3.05) is 17.7 Å². The second-order valence-electron chi connectivity index (χ2n) is 10.3. The lowest BCUT2D eigenvalue weighted by molar-refractivity contribution is 0.0915. The third-order valence-corrected chi connectivity index (χ3v) is 10.5. The summed E-state index contributed by atoms with van der Waals surface area (Å²) in [7, 11) is -2.00. The van der Waals surface area contributed by atoms with Gasteiger partial charge in [0, 0.05) is 66.4 Å². The highest BCUT2D eigenvalue weighted by atomic mass is 32.2. The Morgan fingerprint density at radius 2 is 1.73 bits per heavy atom. The first-order valence-electron chi connectivity index (χ1n) is 13.3. The minimum Gasteiger partial charge on any atom is -0.340 e. The van der Waals surface area contributed by atoms with Crippen LogP contribution in [-0.4, -0.2) is 57.7 Å². The number of piperidine rings is 1. The number of rotatable bonds is 9. The van der Waals surface area contributed by atoms with E-state index in [1.807, 2.05) is 11.7 Å². The average Bonchev–Trinajstić information content (AvgIpc) is 3.55. The van der Waals surface area contributed by atoms with E-state index in [1.54, 1.807) is 53.0 Å². The number of halogens is 2. The summed E-state index contributed by atoms with van der Waals surface area (Å²) in [6, 6.07) is 12.2. The monoisotopic (exact) mass is 597 g/mol. The van der Waals surface area contributed by atoms with Crippen molar-refractivity contribution in [2.24, 2.45) is 0 Å². The van der Waals surface area contributed by atoms with Gasteiger partial charge in [-0.15, -0.1) is 11.3 Å². The first-order valence-corrected chi connectivity index (χ1v) is 15.6. The molecule has 2 unspecified atom stereocenters. The molecule has 2 saturated heterocycles. The molecule has 2 fully saturated rings. The summed E-state index contributed by atoms with van der Waals surface area (Å²) in [6.07, 6.45) is 7.25. The number of fused-ring (bicyclic) bond motifs is 2. The largest absolute Gasteiger partial charge is 0.340 e. The van der Waals surface area contributed by atoms with Gasteiger partial charge in [0.05, 0.1) is 10.4 Å². The maximum atomic E-state index is 13.5. The zero-order chi connectivity index (χ0) is 28.6. The summed E-state index contributed by atoms with van der Waals surface area (Å²) in [4.78, 5) is 16.7. The molecule has 2 aliphatic rings. The zero-order valence-corrected chi connectivity index (χ0v) is 23.9. The Balaban J connectivity index is 1.09. The lowest BCUT2D eigenvalue weighted by atomic mass is 9.97. The number of thiazole rings is 1. The Bertz CT molecular complexity index is 1610. The molecule has 2 atom stereocenters. The molecule has 4 aromatic rings. The van der Waals surface area contributed by atoms with Crippen LogP contribution in [0.4, 0.5) is 31.9 Å². The van der Waals surface area contributed by atoms with Crippen LogP contribution in [0.5, 0.6) is 0 Å². The molecule has 4 heterocycles. The van der Waals surface area contributed by atoms with Gasteiger partial charge in [-0.3, -0.25) is 9.88 Å². The molecular formula is C28H29F2N7O2S2. The van der Waals surface area contributed by atoms with E-state index in [9.17, 15) is 17.2 Å². The fourth-order valence-corrected chi connectivity index (χ4v) is 7.69. The van der Waals surface area contributed by atoms with Gasteiger partial charge in [-0.1, -0.05) is 0 Å². The van der Waals surface area contributed by atoms with Gasteiger partial charge < -0.3 is 10.6 Å². The molecule has 9 nitrogen and oxygen atoms in total. The number of nitrogens with zero attached hydrogens (tertiary/aromatic N) is 5. The predicted octanol–water partition coefficient (Wildman–Crippen LogP) is 5.51. The summed E-state index contributed by atoms with van der Waals surface area (Å²) < 4.78 is 55.4. The van der Waals surface area contributed by atoms with Crippen LogP contribution in [0.3, 0.4) is 0 Å².